The molecule has 1 aromatic carbocycles. The maximum Gasteiger partial charge on any atom is 0.333 e. The molecule has 0 spiro atoms. The first-order chi connectivity index (χ1) is 9.47. The molecular formula is C15H22FN3O. The van der Waals surface area contributed by atoms with E-state index >= 15 is 0 Å². The van der Waals surface area contributed by atoms with E-state index in [0.29, 0.717) is 17.8 Å². The van der Waals surface area contributed by atoms with Gasteiger partial charge < -0.3 is 5.32 Å². The third-order valence-electron chi connectivity index (χ3n) is 3.87. The van der Waals surface area contributed by atoms with Crippen LogP contribution in [0.2, 0.25) is 0 Å². The highest BCUT2D eigenvalue weighted by atomic mass is 19.1. The minimum Gasteiger partial charge on any atom is -0.307 e. The van der Waals surface area contributed by atoms with Crippen molar-refractivity contribution in [1.29, 1.82) is 0 Å². The number of nitrogens with one attached hydrogen (secondary N) is 2. The molecule has 2 atom stereocenters. The van der Waals surface area contributed by atoms with Crippen molar-refractivity contribution >= 4 is 11.7 Å². The molecule has 1 aliphatic heterocycles. The fourth-order valence-corrected chi connectivity index (χ4v) is 2.64. The van der Waals surface area contributed by atoms with E-state index in [4.69, 9.17) is 0 Å². The normalized spacial score (nSPS) is 23.4. The molecule has 1 fully saturated rings. The quantitative estimate of drug-likeness (QED) is 0.871. The number of anilines is 1. The van der Waals surface area contributed by atoms with Crippen LogP contribution < -0.4 is 10.7 Å². The van der Waals surface area contributed by atoms with Gasteiger partial charge in [0.25, 0.3) is 0 Å². The molecule has 0 radical (unpaired) electrons. The van der Waals surface area contributed by atoms with Crippen LogP contribution in [0.3, 0.4) is 0 Å². The number of rotatable bonds is 2. The Hall–Kier alpha value is -1.62. The molecular weight excluding hydrogens is 257 g/mol. The topological polar surface area (TPSA) is 44.4 Å². The summed E-state index contributed by atoms with van der Waals surface area (Å²) in [7, 11) is 0. The molecule has 2 N–H and O–H groups in total. The number of nitrogens with zero attached hydrogens (tertiary/aromatic N) is 1. The Balaban J connectivity index is 1.99. The van der Waals surface area contributed by atoms with E-state index in [9.17, 15) is 9.18 Å². The fraction of sp³-hybridized carbons (Fsp3) is 0.533. The maximum atomic E-state index is 13.2. The van der Waals surface area contributed by atoms with Crippen LogP contribution in [0.15, 0.2) is 18.2 Å². The predicted octanol–water partition coefficient (Wildman–Crippen LogP) is 3.43. The number of hydrazine groups is 1. The monoisotopic (exact) mass is 279 g/mol. The van der Waals surface area contributed by atoms with E-state index in [-0.39, 0.29) is 11.8 Å². The van der Waals surface area contributed by atoms with Gasteiger partial charge in [-0.2, -0.15) is 0 Å². The van der Waals surface area contributed by atoms with Crippen molar-refractivity contribution in [2.45, 2.75) is 52.1 Å². The van der Waals surface area contributed by atoms with E-state index in [0.717, 1.165) is 18.4 Å². The third kappa shape index (κ3) is 3.48. The summed E-state index contributed by atoms with van der Waals surface area (Å²) in [5.74, 6) is -0.356. The first kappa shape index (κ1) is 14.8. The van der Waals surface area contributed by atoms with Gasteiger partial charge in [0.15, 0.2) is 0 Å². The van der Waals surface area contributed by atoms with E-state index in [2.05, 4.69) is 24.6 Å². The molecule has 0 aromatic heterocycles. The van der Waals surface area contributed by atoms with Gasteiger partial charge in [-0.3, -0.25) is 5.43 Å². The molecule has 0 unspecified atom stereocenters. The van der Waals surface area contributed by atoms with Crippen molar-refractivity contribution < 1.29 is 9.18 Å². The second-order valence-electron chi connectivity index (χ2n) is 5.56. The highest BCUT2D eigenvalue weighted by Gasteiger charge is 2.26. The average molecular weight is 279 g/mol. The molecule has 110 valence electrons. The van der Waals surface area contributed by atoms with Gasteiger partial charge in [0.1, 0.15) is 5.82 Å². The minimum absolute atomic E-state index is 0.318. The number of piperidine rings is 1. The third-order valence-corrected chi connectivity index (χ3v) is 3.87. The standard InChI is InChI=1S/C15H22FN3O/c1-10-7-8-13(16)9-14(10)17-15(20)18-19-11(2)5-4-6-12(19)3/h7-9,11-12H,4-6H2,1-3H3,(H2,17,18,20)/t11-,12-/m0/s1. The second kappa shape index (κ2) is 6.22. The Morgan fingerprint density at radius 1 is 1.30 bits per heavy atom. The molecule has 20 heavy (non-hydrogen) atoms. The predicted molar refractivity (Wildman–Crippen MR) is 77.9 cm³/mol. The zero-order valence-electron chi connectivity index (χ0n) is 12.2. The summed E-state index contributed by atoms with van der Waals surface area (Å²) >= 11 is 0. The summed E-state index contributed by atoms with van der Waals surface area (Å²) in [6, 6.07) is 4.68. The molecule has 2 amide bonds. The molecule has 1 saturated heterocycles. The lowest BCUT2D eigenvalue weighted by Crippen LogP contribution is -2.55. The number of carbonyl (C=O) groups is 1. The maximum absolute atomic E-state index is 13.2. The highest BCUT2D eigenvalue weighted by molar-refractivity contribution is 5.89. The summed E-state index contributed by atoms with van der Waals surface area (Å²) < 4.78 is 13.2. The lowest BCUT2D eigenvalue weighted by Gasteiger charge is -2.38. The summed E-state index contributed by atoms with van der Waals surface area (Å²) in [5.41, 5.74) is 4.21. The molecule has 0 bridgehead atoms. The molecule has 1 aliphatic rings. The van der Waals surface area contributed by atoms with Crippen molar-refractivity contribution in [1.82, 2.24) is 10.4 Å². The first-order valence-electron chi connectivity index (χ1n) is 7.09. The molecule has 1 aromatic rings. The number of hydrogen-bond acceptors (Lipinski definition) is 2. The van der Waals surface area contributed by atoms with Gasteiger partial charge in [-0.15, -0.1) is 0 Å². The lowest BCUT2D eigenvalue weighted by molar-refractivity contribution is 0.0625. The SMILES string of the molecule is Cc1ccc(F)cc1NC(=O)NN1[C@@H](C)CCC[C@@H]1C. The van der Waals surface area contributed by atoms with E-state index < -0.39 is 0 Å². The van der Waals surface area contributed by atoms with Crippen molar-refractivity contribution in [3.63, 3.8) is 0 Å². The zero-order valence-corrected chi connectivity index (χ0v) is 12.2. The molecule has 0 aliphatic carbocycles. The zero-order chi connectivity index (χ0) is 14.7. The van der Waals surface area contributed by atoms with E-state index in [1.165, 1.54) is 18.6 Å². The van der Waals surface area contributed by atoms with Crippen LogP contribution in [-0.4, -0.2) is 23.1 Å². The summed E-state index contributed by atoms with van der Waals surface area (Å²) in [5, 5.41) is 4.69. The number of amides is 2. The minimum atomic E-state index is -0.356. The summed E-state index contributed by atoms with van der Waals surface area (Å²) in [6.07, 6.45) is 3.33. The number of benzene rings is 1. The van der Waals surface area contributed by atoms with Gasteiger partial charge in [0.2, 0.25) is 0 Å². The van der Waals surface area contributed by atoms with Gasteiger partial charge in [-0.05, 0) is 51.3 Å². The fourth-order valence-electron chi connectivity index (χ4n) is 2.64. The number of hydrogen-bond donors (Lipinski definition) is 2. The van der Waals surface area contributed by atoms with Gasteiger partial charge in [0, 0.05) is 17.8 Å². The Bertz CT molecular complexity index is 482. The van der Waals surface area contributed by atoms with Crippen LogP contribution in [0.5, 0.6) is 0 Å². The lowest BCUT2D eigenvalue weighted by atomic mass is 10.00. The highest BCUT2D eigenvalue weighted by Crippen LogP contribution is 2.21. The first-order valence-corrected chi connectivity index (χ1v) is 7.09. The van der Waals surface area contributed by atoms with Gasteiger partial charge in [-0.25, -0.2) is 14.2 Å². The Labute approximate surface area is 119 Å². The van der Waals surface area contributed by atoms with Gasteiger partial charge >= 0.3 is 6.03 Å². The molecule has 0 saturated carbocycles. The average Bonchev–Trinajstić information content (AvgIpc) is 2.38. The van der Waals surface area contributed by atoms with Crippen LogP contribution in [0.25, 0.3) is 0 Å². The Morgan fingerprint density at radius 3 is 2.60 bits per heavy atom. The van der Waals surface area contributed by atoms with Crippen LogP contribution in [0, 0.1) is 12.7 Å². The van der Waals surface area contributed by atoms with Crippen molar-refractivity contribution in [2.24, 2.45) is 0 Å². The van der Waals surface area contributed by atoms with Crippen LogP contribution in [0.1, 0.15) is 38.7 Å². The number of aryl methyl sites for hydroxylation is 1. The second-order valence-corrected chi connectivity index (χ2v) is 5.56. The number of carbonyl (C=O) groups excluding carboxylic acids is 1. The largest absolute Gasteiger partial charge is 0.333 e. The van der Waals surface area contributed by atoms with Crippen LogP contribution >= 0.6 is 0 Å². The Morgan fingerprint density at radius 2 is 1.95 bits per heavy atom. The molecule has 5 heteroatoms. The van der Waals surface area contributed by atoms with Crippen molar-refractivity contribution in [2.75, 3.05) is 5.32 Å². The van der Waals surface area contributed by atoms with Gasteiger partial charge in [-0.1, -0.05) is 12.5 Å². The smallest absolute Gasteiger partial charge is 0.307 e. The molecule has 2 rings (SSSR count). The van der Waals surface area contributed by atoms with Crippen LogP contribution in [-0.2, 0) is 0 Å². The Kier molecular flexibility index (Phi) is 4.60. The van der Waals surface area contributed by atoms with E-state index in [1.54, 1.807) is 6.07 Å². The molecule has 4 nitrogen and oxygen atoms in total. The summed E-state index contributed by atoms with van der Waals surface area (Å²) in [4.78, 5) is 12.0. The van der Waals surface area contributed by atoms with Crippen LogP contribution in [0.4, 0.5) is 14.9 Å². The molecule has 1 heterocycles. The van der Waals surface area contributed by atoms with E-state index in [1.807, 2.05) is 11.9 Å². The summed E-state index contributed by atoms with van der Waals surface area (Å²) in [6.45, 7) is 6.04. The number of urea groups is 1. The van der Waals surface area contributed by atoms with Crippen molar-refractivity contribution in [3.05, 3.63) is 29.6 Å². The van der Waals surface area contributed by atoms with Crippen molar-refractivity contribution in [3.8, 4) is 0 Å². The number of halogens is 1. The van der Waals surface area contributed by atoms with Gasteiger partial charge in [0.05, 0.1) is 0 Å².